The predicted octanol–water partition coefficient (Wildman–Crippen LogP) is 2.86. The molecule has 0 radical (unpaired) electrons. The molecule has 1 aromatic heterocycles. The molecule has 21 heavy (non-hydrogen) atoms. The Bertz CT molecular complexity index is 412. The van der Waals surface area contributed by atoms with Gasteiger partial charge in [-0.2, -0.15) is 0 Å². The normalized spacial score (nSPS) is 31.1. The van der Waals surface area contributed by atoms with Gasteiger partial charge in [-0.1, -0.05) is 12.5 Å². The van der Waals surface area contributed by atoms with Gasteiger partial charge < -0.3 is 15.5 Å². The molecular weight excluding hydrogens is 278 g/mol. The van der Waals surface area contributed by atoms with Crippen molar-refractivity contribution in [3.63, 3.8) is 0 Å². The fraction of sp³-hybridized carbons (Fsp3) is 0.765. The Labute approximate surface area is 133 Å². The van der Waals surface area contributed by atoms with Crippen LogP contribution < -0.4 is 10.6 Å². The van der Waals surface area contributed by atoms with Crippen molar-refractivity contribution in [2.75, 3.05) is 27.2 Å². The largest absolute Gasteiger partial charge is 0.314 e. The third kappa shape index (κ3) is 3.67. The number of rotatable bonds is 6. The molecule has 4 heteroatoms. The van der Waals surface area contributed by atoms with Gasteiger partial charge in [0.05, 0.1) is 6.04 Å². The monoisotopic (exact) mass is 307 g/mol. The molecule has 1 aliphatic heterocycles. The van der Waals surface area contributed by atoms with Crippen molar-refractivity contribution in [1.82, 2.24) is 15.5 Å². The minimum atomic E-state index is 0.503. The zero-order chi connectivity index (χ0) is 14.7. The summed E-state index contributed by atoms with van der Waals surface area (Å²) in [5, 5.41) is 9.81. The molecule has 2 fully saturated rings. The van der Waals surface area contributed by atoms with Crippen LogP contribution in [0.2, 0.25) is 0 Å². The molecule has 0 aromatic carbocycles. The van der Waals surface area contributed by atoms with Crippen molar-refractivity contribution in [2.24, 2.45) is 5.92 Å². The van der Waals surface area contributed by atoms with Crippen molar-refractivity contribution in [1.29, 1.82) is 0 Å². The Morgan fingerprint density at radius 1 is 1.33 bits per heavy atom. The van der Waals surface area contributed by atoms with Crippen molar-refractivity contribution >= 4 is 11.3 Å². The van der Waals surface area contributed by atoms with Crippen LogP contribution in [0.5, 0.6) is 0 Å². The fourth-order valence-corrected chi connectivity index (χ4v) is 5.00. The van der Waals surface area contributed by atoms with Crippen molar-refractivity contribution in [3.05, 3.63) is 22.4 Å². The van der Waals surface area contributed by atoms with E-state index in [1.54, 1.807) is 0 Å². The Hall–Kier alpha value is -0.420. The first-order valence-corrected chi connectivity index (χ1v) is 9.30. The van der Waals surface area contributed by atoms with Crippen LogP contribution in [0.3, 0.4) is 0 Å². The molecule has 4 unspecified atom stereocenters. The number of nitrogens with zero attached hydrogens (tertiary/aromatic N) is 1. The average molecular weight is 308 g/mol. The fourth-order valence-electron chi connectivity index (χ4n) is 4.08. The standard InChI is InChI=1S/C17H29N3S/c1-20(2)16(17-9-5-11-21-17)12-19-15-7-3-6-13(15)14-8-4-10-18-14/h5,9,11,13-16,18-19H,3-4,6-8,10,12H2,1-2H3. The van der Waals surface area contributed by atoms with E-state index in [1.165, 1.54) is 43.5 Å². The molecule has 1 aliphatic carbocycles. The molecular formula is C17H29N3S. The van der Waals surface area contributed by atoms with E-state index in [0.29, 0.717) is 12.1 Å². The van der Waals surface area contributed by atoms with Crippen molar-refractivity contribution < 1.29 is 0 Å². The molecule has 118 valence electrons. The number of hydrogen-bond acceptors (Lipinski definition) is 4. The quantitative estimate of drug-likeness (QED) is 0.846. The molecule has 3 nitrogen and oxygen atoms in total. The highest BCUT2D eigenvalue weighted by atomic mass is 32.1. The molecule has 3 rings (SSSR count). The van der Waals surface area contributed by atoms with Gasteiger partial charge in [0, 0.05) is 23.5 Å². The first kappa shape index (κ1) is 15.5. The zero-order valence-electron chi connectivity index (χ0n) is 13.3. The zero-order valence-corrected chi connectivity index (χ0v) is 14.2. The summed E-state index contributed by atoms with van der Waals surface area (Å²) in [6.45, 7) is 2.30. The Morgan fingerprint density at radius 3 is 2.90 bits per heavy atom. The van der Waals surface area contributed by atoms with Gasteiger partial charge >= 0.3 is 0 Å². The van der Waals surface area contributed by atoms with E-state index in [1.807, 2.05) is 11.3 Å². The first-order valence-electron chi connectivity index (χ1n) is 8.42. The highest BCUT2D eigenvalue weighted by Gasteiger charge is 2.35. The van der Waals surface area contributed by atoms with Gasteiger partial charge in [0.25, 0.3) is 0 Å². The Balaban J connectivity index is 1.57. The van der Waals surface area contributed by atoms with Crippen LogP contribution in [0.4, 0.5) is 0 Å². The topological polar surface area (TPSA) is 27.3 Å². The summed E-state index contributed by atoms with van der Waals surface area (Å²) in [7, 11) is 4.38. The molecule has 1 aromatic rings. The van der Waals surface area contributed by atoms with Crippen molar-refractivity contribution in [2.45, 2.75) is 50.2 Å². The van der Waals surface area contributed by atoms with Gasteiger partial charge in [-0.3, -0.25) is 0 Å². The second-order valence-electron chi connectivity index (χ2n) is 6.81. The Morgan fingerprint density at radius 2 is 2.24 bits per heavy atom. The lowest BCUT2D eigenvalue weighted by molar-refractivity contribution is 0.258. The smallest absolute Gasteiger partial charge is 0.0561 e. The third-order valence-corrected chi connectivity index (χ3v) is 6.23. The molecule has 0 spiro atoms. The average Bonchev–Trinajstić information content (AvgIpc) is 3.21. The van der Waals surface area contributed by atoms with E-state index < -0.39 is 0 Å². The lowest BCUT2D eigenvalue weighted by Gasteiger charge is -2.30. The second-order valence-corrected chi connectivity index (χ2v) is 7.79. The van der Waals surface area contributed by atoms with E-state index in [9.17, 15) is 0 Å². The van der Waals surface area contributed by atoms with E-state index in [2.05, 4.69) is 47.1 Å². The van der Waals surface area contributed by atoms with Crippen LogP contribution >= 0.6 is 11.3 Å². The molecule has 2 N–H and O–H groups in total. The van der Waals surface area contributed by atoms with E-state index in [4.69, 9.17) is 0 Å². The van der Waals surface area contributed by atoms with Gasteiger partial charge in [-0.05, 0) is 63.7 Å². The maximum Gasteiger partial charge on any atom is 0.0561 e. The lowest BCUT2D eigenvalue weighted by atomic mass is 9.93. The minimum absolute atomic E-state index is 0.503. The van der Waals surface area contributed by atoms with Crippen LogP contribution in [0.15, 0.2) is 17.5 Å². The summed E-state index contributed by atoms with van der Waals surface area (Å²) in [5.41, 5.74) is 0. The lowest BCUT2D eigenvalue weighted by Crippen LogP contribution is -2.44. The summed E-state index contributed by atoms with van der Waals surface area (Å²) in [6, 6.07) is 6.41. The van der Waals surface area contributed by atoms with Gasteiger partial charge in [-0.15, -0.1) is 11.3 Å². The highest BCUT2D eigenvalue weighted by Crippen LogP contribution is 2.32. The van der Waals surface area contributed by atoms with Gasteiger partial charge in [0.1, 0.15) is 0 Å². The molecule has 2 aliphatic rings. The summed E-state index contributed by atoms with van der Waals surface area (Å²) in [4.78, 5) is 3.82. The predicted molar refractivity (Wildman–Crippen MR) is 90.9 cm³/mol. The molecule has 2 heterocycles. The van der Waals surface area contributed by atoms with Gasteiger partial charge in [0.15, 0.2) is 0 Å². The van der Waals surface area contributed by atoms with E-state index >= 15 is 0 Å². The minimum Gasteiger partial charge on any atom is -0.314 e. The van der Waals surface area contributed by atoms with Crippen LogP contribution in [0, 0.1) is 5.92 Å². The number of hydrogen-bond donors (Lipinski definition) is 2. The molecule has 4 atom stereocenters. The first-order chi connectivity index (χ1) is 10.3. The van der Waals surface area contributed by atoms with Crippen LogP contribution in [0.1, 0.15) is 43.0 Å². The van der Waals surface area contributed by atoms with Gasteiger partial charge in [0.2, 0.25) is 0 Å². The second kappa shape index (κ2) is 7.23. The SMILES string of the molecule is CN(C)C(CNC1CCCC1C1CCCN1)c1cccs1. The van der Waals surface area contributed by atoms with E-state index in [0.717, 1.165) is 18.5 Å². The van der Waals surface area contributed by atoms with Crippen molar-refractivity contribution in [3.8, 4) is 0 Å². The molecule has 0 bridgehead atoms. The number of likely N-dealkylation sites (N-methyl/N-ethyl adjacent to an activating group) is 1. The Kier molecular flexibility index (Phi) is 5.33. The molecule has 1 saturated carbocycles. The van der Waals surface area contributed by atoms with Crippen LogP contribution in [0.25, 0.3) is 0 Å². The summed E-state index contributed by atoms with van der Waals surface area (Å²) >= 11 is 1.87. The summed E-state index contributed by atoms with van der Waals surface area (Å²) < 4.78 is 0. The summed E-state index contributed by atoms with van der Waals surface area (Å²) in [6.07, 6.45) is 6.90. The maximum absolute atomic E-state index is 3.90. The molecule has 0 amide bonds. The van der Waals surface area contributed by atoms with Crippen LogP contribution in [-0.2, 0) is 0 Å². The third-order valence-electron chi connectivity index (χ3n) is 5.25. The van der Waals surface area contributed by atoms with E-state index in [-0.39, 0.29) is 0 Å². The highest BCUT2D eigenvalue weighted by molar-refractivity contribution is 7.10. The number of nitrogens with one attached hydrogen (secondary N) is 2. The van der Waals surface area contributed by atoms with Crippen LogP contribution in [-0.4, -0.2) is 44.2 Å². The number of thiophene rings is 1. The molecule has 1 saturated heterocycles. The van der Waals surface area contributed by atoms with Gasteiger partial charge in [-0.25, -0.2) is 0 Å². The maximum atomic E-state index is 3.90. The summed E-state index contributed by atoms with van der Waals surface area (Å²) in [5.74, 6) is 0.846.